The Morgan fingerprint density at radius 1 is 1.08 bits per heavy atom. The summed E-state index contributed by atoms with van der Waals surface area (Å²) < 4.78 is 5.57. The van der Waals surface area contributed by atoms with Crippen LogP contribution in [0.3, 0.4) is 0 Å². The molecule has 1 nitrogen and oxygen atoms in total. The highest BCUT2D eigenvalue weighted by molar-refractivity contribution is 5.43. The third-order valence-electron chi connectivity index (χ3n) is 2.22. The molecule has 0 aromatic heterocycles. The Balaban J connectivity index is 3.07. The van der Waals surface area contributed by atoms with Gasteiger partial charge in [0.2, 0.25) is 0 Å². The van der Waals surface area contributed by atoms with Crippen LogP contribution >= 0.6 is 0 Å². The largest absolute Gasteiger partial charge is 0.493 e. The maximum atomic E-state index is 5.57. The minimum absolute atomic E-state index is 0.743. The Kier molecular flexibility index (Phi) is 3.35. The van der Waals surface area contributed by atoms with Gasteiger partial charge in [-0.1, -0.05) is 19.1 Å². The summed E-state index contributed by atoms with van der Waals surface area (Å²) in [5.41, 5.74) is 3.89. The van der Waals surface area contributed by atoms with Crippen molar-refractivity contribution in [1.82, 2.24) is 0 Å². The van der Waals surface area contributed by atoms with Crippen LogP contribution in [0.2, 0.25) is 0 Å². The van der Waals surface area contributed by atoms with Crippen LogP contribution in [0.15, 0.2) is 12.1 Å². The molecule has 1 rings (SSSR count). The zero-order valence-corrected chi connectivity index (χ0v) is 8.98. The minimum Gasteiger partial charge on any atom is -0.493 e. The fourth-order valence-electron chi connectivity index (χ4n) is 1.62. The summed E-state index contributed by atoms with van der Waals surface area (Å²) in [6.45, 7) is 9.16. The fraction of sp³-hybridized carbons (Fsp3) is 0.500. The summed E-state index contributed by atoms with van der Waals surface area (Å²) in [5.74, 6) is 1.06. The zero-order chi connectivity index (χ0) is 9.84. The molecule has 0 saturated heterocycles. The number of hydrogen-bond donors (Lipinski definition) is 0. The lowest BCUT2D eigenvalue weighted by Crippen LogP contribution is -1.97. The van der Waals surface area contributed by atoms with E-state index in [4.69, 9.17) is 4.74 Å². The third-order valence-corrected chi connectivity index (χ3v) is 2.22. The minimum atomic E-state index is 0.743. The van der Waals surface area contributed by atoms with Gasteiger partial charge in [-0.15, -0.1) is 0 Å². The van der Waals surface area contributed by atoms with E-state index in [0.29, 0.717) is 0 Å². The molecule has 0 heterocycles. The molecule has 0 amide bonds. The summed E-state index contributed by atoms with van der Waals surface area (Å²) in [6.07, 6.45) is 1.09. The summed E-state index contributed by atoms with van der Waals surface area (Å²) in [5, 5.41) is 0. The van der Waals surface area contributed by atoms with Crippen LogP contribution < -0.4 is 4.74 Å². The van der Waals surface area contributed by atoms with E-state index in [2.05, 4.69) is 32.9 Å². The van der Waals surface area contributed by atoms with Gasteiger partial charge in [0.05, 0.1) is 6.61 Å². The first-order valence-electron chi connectivity index (χ1n) is 4.92. The van der Waals surface area contributed by atoms with Crippen LogP contribution in [0.4, 0.5) is 0 Å². The highest BCUT2D eigenvalue weighted by Crippen LogP contribution is 2.24. The molecule has 1 aromatic rings. The van der Waals surface area contributed by atoms with Gasteiger partial charge in [0.1, 0.15) is 5.75 Å². The van der Waals surface area contributed by atoms with Gasteiger partial charge in [-0.3, -0.25) is 0 Å². The third kappa shape index (κ3) is 2.24. The van der Waals surface area contributed by atoms with Crippen LogP contribution in [0.5, 0.6) is 5.75 Å². The quantitative estimate of drug-likeness (QED) is 0.690. The maximum Gasteiger partial charge on any atom is 0.125 e. The molecule has 0 spiro atoms. The Labute approximate surface area is 80.7 Å². The Morgan fingerprint density at radius 2 is 1.62 bits per heavy atom. The van der Waals surface area contributed by atoms with Crippen LogP contribution in [-0.4, -0.2) is 6.61 Å². The normalized spacial score (nSPS) is 10.2. The van der Waals surface area contributed by atoms with Crippen molar-refractivity contribution in [1.29, 1.82) is 0 Å². The highest BCUT2D eigenvalue weighted by Gasteiger charge is 2.04. The molecule has 0 aliphatic heterocycles. The van der Waals surface area contributed by atoms with Gasteiger partial charge in [-0.2, -0.15) is 0 Å². The lowest BCUT2D eigenvalue weighted by molar-refractivity contribution is 0.335. The first kappa shape index (κ1) is 10.1. The number of aryl methyl sites for hydroxylation is 3. The highest BCUT2D eigenvalue weighted by atomic mass is 16.5. The second-order valence-corrected chi connectivity index (χ2v) is 3.35. The van der Waals surface area contributed by atoms with Gasteiger partial charge in [0, 0.05) is 0 Å². The Bertz CT molecular complexity index is 266. The summed E-state index contributed by atoms with van der Waals surface area (Å²) in [6, 6.07) is 4.41. The second-order valence-electron chi connectivity index (χ2n) is 3.35. The van der Waals surface area contributed by atoms with Crippen LogP contribution in [-0.2, 0) is 6.42 Å². The molecule has 0 bridgehead atoms. The molecule has 13 heavy (non-hydrogen) atoms. The predicted octanol–water partition coefficient (Wildman–Crippen LogP) is 3.26. The molecule has 1 aromatic carbocycles. The monoisotopic (exact) mass is 178 g/mol. The standard InChI is InChI=1S/C12H18O/c1-5-11-7-9(3)12(13-6-2)10(4)8-11/h7-8H,5-6H2,1-4H3. The van der Waals surface area contributed by atoms with Crippen molar-refractivity contribution in [3.8, 4) is 5.75 Å². The first-order valence-corrected chi connectivity index (χ1v) is 4.92. The zero-order valence-electron chi connectivity index (χ0n) is 8.98. The maximum absolute atomic E-state index is 5.57. The average molecular weight is 178 g/mol. The van der Waals surface area contributed by atoms with E-state index < -0.39 is 0 Å². The lowest BCUT2D eigenvalue weighted by Gasteiger charge is -2.11. The van der Waals surface area contributed by atoms with Crippen molar-refractivity contribution in [2.75, 3.05) is 6.61 Å². The summed E-state index contributed by atoms with van der Waals surface area (Å²) in [4.78, 5) is 0. The summed E-state index contributed by atoms with van der Waals surface area (Å²) >= 11 is 0. The van der Waals surface area contributed by atoms with Crippen LogP contribution in [0.1, 0.15) is 30.5 Å². The van der Waals surface area contributed by atoms with Crippen LogP contribution in [0, 0.1) is 13.8 Å². The molecule has 1 heteroatoms. The van der Waals surface area contributed by atoms with E-state index in [-0.39, 0.29) is 0 Å². The molecule has 0 fully saturated rings. The molecule has 72 valence electrons. The second kappa shape index (κ2) is 4.31. The summed E-state index contributed by atoms with van der Waals surface area (Å²) in [7, 11) is 0. The number of benzene rings is 1. The van der Waals surface area contributed by atoms with Crippen molar-refractivity contribution in [3.63, 3.8) is 0 Å². The SMILES string of the molecule is CCOc1c(C)cc(CC)cc1C. The van der Waals surface area contributed by atoms with Crippen molar-refractivity contribution < 1.29 is 4.74 Å². The molecule has 0 atom stereocenters. The molecule has 0 saturated carbocycles. The fourth-order valence-corrected chi connectivity index (χ4v) is 1.62. The molecular weight excluding hydrogens is 160 g/mol. The van der Waals surface area contributed by atoms with Crippen molar-refractivity contribution in [2.45, 2.75) is 34.1 Å². The molecule has 0 radical (unpaired) electrons. The van der Waals surface area contributed by atoms with Gasteiger partial charge in [0.15, 0.2) is 0 Å². The molecule has 0 aliphatic rings. The number of hydrogen-bond acceptors (Lipinski definition) is 1. The molecule has 0 N–H and O–H groups in total. The van der Waals surface area contributed by atoms with E-state index in [1.807, 2.05) is 6.92 Å². The topological polar surface area (TPSA) is 9.23 Å². The van der Waals surface area contributed by atoms with E-state index in [0.717, 1.165) is 18.8 Å². The molecule has 0 unspecified atom stereocenters. The van der Waals surface area contributed by atoms with E-state index >= 15 is 0 Å². The van der Waals surface area contributed by atoms with E-state index in [1.165, 1.54) is 16.7 Å². The van der Waals surface area contributed by atoms with Gasteiger partial charge in [0.25, 0.3) is 0 Å². The van der Waals surface area contributed by atoms with E-state index in [9.17, 15) is 0 Å². The molecular formula is C12H18O. The number of rotatable bonds is 3. The molecule has 0 aliphatic carbocycles. The predicted molar refractivity (Wildman–Crippen MR) is 56.5 cm³/mol. The van der Waals surface area contributed by atoms with Gasteiger partial charge >= 0.3 is 0 Å². The van der Waals surface area contributed by atoms with Gasteiger partial charge < -0.3 is 4.74 Å². The van der Waals surface area contributed by atoms with Crippen molar-refractivity contribution in [2.24, 2.45) is 0 Å². The van der Waals surface area contributed by atoms with Crippen molar-refractivity contribution >= 4 is 0 Å². The number of ether oxygens (including phenoxy) is 1. The van der Waals surface area contributed by atoms with Crippen LogP contribution in [0.25, 0.3) is 0 Å². The van der Waals surface area contributed by atoms with Gasteiger partial charge in [-0.05, 0) is 43.9 Å². The Hall–Kier alpha value is -0.980. The van der Waals surface area contributed by atoms with Crippen molar-refractivity contribution in [3.05, 3.63) is 28.8 Å². The Morgan fingerprint density at radius 3 is 2.00 bits per heavy atom. The smallest absolute Gasteiger partial charge is 0.125 e. The van der Waals surface area contributed by atoms with Gasteiger partial charge in [-0.25, -0.2) is 0 Å². The first-order chi connectivity index (χ1) is 6.19. The lowest BCUT2D eigenvalue weighted by atomic mass is 10.0. The van der Waals surface area contributed by atoms with E-state index in [1.54, 1.807) is 0 Å². The average Bonchev–Trinajstić information content (AvgIpc) is 2.11.